The van der Waals surface area contributed by atoms with Crippen LogP contribution in [0.4, 0.5) is 0 Å². The molecule has 0 bridgehead atoms. The highest BCUT2D eigenvalue weighted by atomic mass is 16.7. The summed E-state index contributed by atoms with van der Waals surface area (Å²) in [5.41, 5.74) is 0. The molecule has 1 aliphatic heterocycles. The van der Waals surface area contributed by atoms with Crippen molar-refractivity contribution < 1.29 is 9.47 Å². The van der Waals surface area contributed by atoms with E-state index in [-0.39, 0.29) is 12.1 Å². The molecule has 80 valence electrons. The molecule has 0 saturated carbocycles. The molecule has 2 rings (SSSR count). The molecule has 1 fully saturated rings. The van der Waals surface area contributed by atoms with Crippen LogP contribution in [0.25, 0.3) is 0 Å². The number of aryl methyl sites for hydroxylation is 1. The van der Waals surface area contributed by atoms with Gasteiger partial charge < -0.3 is 9.47 Å². The fourth-order valence-corrected chi connectivity index (χ4v) is 1.39. The van der Waals surface area contributed by atoms with E-state index in [2.05, 4.69) is 10.1 Å². The maximum absolute atomic E-state index is 8.53. The Balaban J connectivity index is 1.79. The van der Waals surface area contributed by atoms with Crippen molar-refractivity contribution in [3.8, 4) is 6.07 Å². The van der Waals surface area contributed by atoms with Crippen molar-refractivity contribution in [3.05, 3.63) is 12.2 Å². The molecule has 2 heterocycles. The summed E-state index contributed by atoms with van der Waals surface area (Å²) < 4.78 is 12.4. The SMILES string of the molecule is N#Cc1ncn(CCC2OCCCO2)n1. The van der Waals surface area contributed by atoms with Crippen molar-refractivity contribution in [2.75, 3.05) is 13.2 Å². The first kappa shape index (κ1) is 10.1. The highest BCUT2D eigenvalue weighted by Gasteiger charge is 2.14. The van der Waals surface area contributed by atoms with E-state index >= 15 is 0 Å². The highest BCUT2D eigenvalue weighted by molar-refractivity contribution is 5.05. The minimum absolute atomic E-state index is 0.145. The molecule has 0 aromatic carbocycles. The van der Waals surface area contributed by atoms with Gasteiger partial charge in [-0.15, -0.1) is 5.10 Å². The molecule has 0 radical (unpaired) electrons. The van der Waals surface area contributed by atoms with Crippen LogP contribution in [0.5, 0.6) is 0 Å². The Bertz CT molecular complexity index is 351. The Hall–Kier alpha value is -1.45. The average Bonchev–Trinajstić information content (AvgIpc) is 2.76. The number of nitrogens with zero attached hydrogens (tertiary/aromatic N) is 4. The summed E-state index contributed by atoms with van der Waals surface area (Å²) in [4.78, 5) is 3.81. The Morgan fingerprint density at radius 2 is 2.33 bits per heavy atom. The third kappa shape index (κ3) is 2.75. The second-order valence-electron chi connectivity index (χ2n) is 3.26. The molecule has 0 aliphatic carbocycles. The second kappa shape index (κ2) is 4.87. The van der Waals surface area contributed by atoms with Gasteiger partial charge in [-0.3, -0.25) is 4.68 Å². The molecule has 0 unspecified atom stereocenters. The van der Waals surface area contributed by atoms with Crippen LogP contribution in [0.1, 0.15) is 18.7 Å². The Kier molecular flexibility index (Phi) is 3.27. The lowest BCUT2D eigenvalue weighted by Crippen LogP contribution is -2.26. The topological polar surface area (TPSA) is 73.0 Å². The quantitative estimate of drug-likeness (QED) is 0.714. The molecular formula is C9H12N4O2. The van der Waals surface area contributed by atoms with E-state index in [1.54, 1.807) is 11.0 Å². The van der Waals surface area contributed by atoms with Crippen LogP contribution in [0.3, 0.4) is 0 Å². The first-order valence-electron chi connectivity index (χ1n) is 4.91. The Morgan fingerprint density at radius 3 is 3.00 bits per heavy atom. The molecule has 6 heteroatoms. The fourth-order valence-electron chi connectivity index (χ4n) is 1.39. The smallest absolute Gasteiger partial charge is 0.252 e. The third-order valence-electron chi connectivity index (χ3n) is 2.13. The second-order valence-corrected chi connectivity index (χ2v) is 3.26. The number of rotatable bonds is 3. The van der Waals surface area contributed by atoms with E-state index in [9.17, 15) is 0 Å². The summed E-state index contributed by atoms with van der Waals surface area (Å²) in [5.74, 6) is 0.195. The Morgan fingerprint density at radius 1 is 1.53 bits per heavy atom. The van der Waals surface area contributed by atoms with Crippen molar-refractivity contribution >= 4 is 0 Å². The van der Waals surface area contributed by atoms with Gasteiger partial charge in [0.05, 0.1) is 13.2 Å². The normalized spacial score (nSPS) is 17.5. The van der Waals surface area contributed by atoms with E-state index in [0.29, 0.717) is 6.54 Å². The van der Waals surface area contributed by atoms with Gasteiger partial charge in [-0.05, 0) is 6.42 Å². The molecule has 1 aromatic heterocycles. The van der Waals surface area contributed by atoms with Crippen molar-refractivity contribution in [1.82, 2.24) is 14.8 Å². The maximum Gasteiger partial charge on any atom is 0.252 e. The lowest BCUT2D eigenvalue weighted by atomic mass is 10.3. The van der Waals surface area contributed by atoms with Crippen LogP contribution in [0, 0.1) is 11.3 Å². The zero-order chi connectivity index (χ0) is 10.5. The number of nitriles is 1. The fraction of sp³-hybridized carbons (Fsp3) is 0.667. The zero-order valence-electron chi connectivity index (χ0n) is 8.30. The standard InChI is InChI=1S/C9H12N4O2/c10-6-8-11-7-13(12-8)3-2-9-14-4-1-5-15-9/h7,9H,1-5H2. The van der Waals surface area contributed by atoms with Gasteiger partial charge in [-0.1, -0.05) is 0 Å². The highest BCUT2D eigenvalue weighted by Crippen LogP contribution is 2.09. The molecular weight excluding hydrogens is 196 g/mol. The van der Waals surface area contributed by atoms with E-state index < -0.39 is 0 Å². The number of hydrogen-bond donors (Lipinski definition) is 0. The molecule has 0 atom stereocenters. The summed E-state index contributed by atoms with van der Waals surface area (Å²) >= 11 is 0. The van der Waals surface area contributed by atoms with Gasteiger partial charge >= 0.3 is 0 Å². The van der Waals surface area contributed by atoms with Crippen LogP contribution in [-0.2, 0) is 16.0 Å². The van der Waals surface area contributed by atoms with Crippen LogP contribution in [0.15, 0.2) is 6.33 Å². The van der Waals surface area contributed by atoms with Gasteiger partial charge in [0.15, 0.2) is 6.29 Å². The minimum Gasteiger partial charge on any atom is -0.353 e. The molecule has 15 heavy (non-hydrogen) atoms. The van der Waals surface area contributed by atoms with Crippen LogP contribution in [-0.4, -0.2) is 34.3 Å². The van der Waals surface area contributed by atoms with E-state index in [4.69, 9.17) is 14.7 Å². The van der Waals surface area contributed by atoms with Crippen molar-refractivity contribution in [2.45, 2.75) is 25.7 Å². The zero-order valence-corrected chi connectivity index (χ0v) is 8.30. The van der Waals surface area contributed by atoms with Gasteiger partial charge in [-0.2, -0.15) is 5.26 Å². The predicted molar refractivity (Wildman–Crippen MR) is 49.7 cm³/mol. The van der Waals surface area contributed by atoms with Gasteiger partial charge in [0, 0.05) is 13.0 Å². The number of aromatic nitrogens is 3. The maximum atomic E-state index is 8.53. The summed E-state index contributed by atoms with van der Waals surface area (Å²) in [5, 5.41) is 12.5. The first-order chi connectivity index (χ1) is 7.38. The lowest BCUT2D eigenvalue weighted by molar-refractivity contribution is -0.182. The largest absolute Gasteiger partial charge is 0.353 e. The third-order valence-corrected chi connectivity index (χ3v) is 2.13. The Labute approximate surface area is 87.4 Å². The summed E-state index contributed by atoms with van der Waals surface area (Å²) in [6.07, 6.45) is 3.09. The molecule has 0 spiro atoms. The van der Waals surface area contributed by atoms with E-state index in [1.807, 2.05) is 6.07 Å². The van der Waals surface area contributed by atoms with Crippen LogP contribution >= 0.6 is 0 Å². The monoisotopic (exact) mass is 208 g/mol. The van der Waals surface area contributed by atoms with Crippen molar-refractivity contribution in [2.24, 2.45) is 0 Å². The summed E-state index contributed by atoms with van der Waals surface area (Å²) in [6, 6.07) is 1.88. The number of ether oxygens (including phenoxy) is 2. The van der Waals surface area contributed by atoms with E-state index in [0.717, 1.165) is 26.1 Å². The van der Waals surface area contributed by atoms with Crippen molar-refractivity contribution in [3.63, 3.8) is 0 Å². The summed E-state index contributed by atoms with van der Waals surface area (Å²) in [7, 11) is 0. The van der Waals surface area contributed by atoms with Gasteiger partial charge in [0.1, 0.15) is 12.4 Å². The van der Waals surface area contributed by atoms with Gasteiger partial charge in [0.25, 0.3) is 5.82 Å². The van der Waals surface area contributed by atoms with E-state index in [1.165, 1.54) is 0 Å². The van der Waals surface area contributed by atoms with Gasteiger partial charge in [0.2, 0.25) is 0 Å². The molecule has 1 aliphatic rings. The molecule has 0 N–H and O–H groups in total. The lowest BCUT2D eigenvalue weighted by Gasteiger charge is -2.22. The predicted octanol–water partition coefficient (Wildman–Crippen LogP) is 0.303. The molecule has 1 saturated heterocycles. The molecule has 6 nitrogen and oxygen atoms in total. The summed E-state index contributed by atoms with van der Waals surface area (Å²) in [6.45, 7) is 2.16. The van der Waals surface area contributed by atoms with Gasteiger partial charge in [-0.25, -0.2) is 4.98 Å². The molecule has 1 aromatic rings. The number of hydrogen-bond acceptors (Lipinski definition) is 5. The van der Waals surface area contributed by atoms with Crippen LogP contribution in [0.2, 0.25) is 0 Å². The average molecular weight is 208 g/mol. The molecule has 0 amide bonds. The first-order valence-corrected chi connectivity index (χ1v) is 4.91. The van der Waals surface area contributed by atoms with Crippen LogP contribution < -0.4 is 0 Å². The minimum atomic E-state index is -0.145. The van der Waals surface area contributed by atoms with Crippen molar-refractivity contribution in [1.29, 1.82) is 5.26 Å².